The Morgan fingerprint density at radius 2 is 1.88 bits per heavy atom. The first-order valence-corrected chi connectivity index (χ1v) is 16.1. The van der Waals surface area contributed by atoms with E-state index in [-0.39, 0.29) is 49.0 Å². The van der Waals surface area contributed by atoms with Crippen LogP contribution in [0.3, 0.4) is 0 Å². The fourth-order valence-corrected chi connectivity index (χ4v) is 6.29. The maximum absolute atomic E-state index is 15.3. The van der Waals surface area contributed by atoms with Crippen molar-refractivity contribution in [2.75, 3.05) is 26.8 Å². The van der Waals surface area contributed by atoms with E-state index in [1.165, 1.54) is 30.3 Å². The molecule has 3 aliphatic heterocycles. The second-order valence-corrected chi connectivity index (χ2v) is 12.1. The maximum atomic E-state index is 15.3. The zero-order chi connectivity index (χ0) is 34.8. The third-order valence-corrected chi connectivity index (χ3v) is 8.95. The number of halogens is 1. The van der Waals surface area contributed by atoms with E-state index in [0.717, 1.165) is 0 Å². The van der Waals surface area contributed by atoms with Gasteiger partial charge in [-0.15, -0.1) is 0 Å². The summed E-state index contributed by atoms with van der Waals surface area (Å²) in [5.74, 6) is -1.02. The number of ether oxygens (including phenoxy) is 3. The fourth-order valence-electron chi connectivity index (χ4n) is 6.29. The lowest BCUT2D eigenvalue weighted by molar-refractivity contribution is -0.123. The number of hydrogen-bond acceptors (Lipinski definition) is 8. The number of piperidine rings is 1. The second-order valence-electron chi connectivity index (χ2n) is 12.1. The molecule has 254 valence electrons. The maximum Gasteiger partial charge on any atom is 0.258 e. The molecule has 0 radical (unpaired) electrons. The molecule has 1 fully saturated rings. The fraction of sp³-hybridized carbons (Fsp3) is 0.211. The van der Waals surface area contributed by atoms with Crippen LogP contribution in [0, 0.1) is 5.82 Å². The normalized spacial score (nSPS) is 17.8. The van der Waals surface area contributed by atoms with Crippen molar-refractivity contribution in [2.45, 2.75) is 25.1 Å². The highest BCUT2D eigenvalue weighted by molar-refractivity contribution is 6.03. The van der Waals surface area contributed by atoms with Crippen molar-refractivity contribution in [2.24, 2.45) is 0 Å². The number of likely N-dealkylation sites (tertiary alicyclic amines) is 1. The van der Waals surface area contributed by atoms with Gasteiger partial charge in [0, 0.05) is 60.9 Å². The van der Waals surface area contributed by atoms with Gasteiger partial charge in [0.05, 0.1) is 24.3 Å². The van der Waals surface area contributed by atoms with Crippen LogP contribution in [0.4, 0.5) is 4.39 Å². The van der Waals surface area contributed by atoms with E-state index in [2.05, 4.69) is 15.6 Å². The van der Waals surface area contributed by atoms with Crippen LogP contribution >= 0.6 is 0 Å². The van der Waals surface area contributed by atoms with Gasteiger partial charge >= 0.3 is 0 Å². The van der Waals surface area contributed by atoms with Crippen LogP contribution in [-0.2, 0) is 11.3 Å². The number of phenols is 1. The summed E-state index contributed by atoms with van der Waals surface area (Å²) in [7, 11) is 1.51. The molecule has 11 nitrogen and oxygen atoms in total. The van der Waals surface area contributed by atoms with Crippen molar-refractivity contribution in [1.82, 2.24) is 20.5 Å². The Kier molecular flexibility index (Phi) is 8.90. The summed E-state index contributed by atoms with van der Waals surface area (Å²) in [4.78, 5) is 45.9. The summed E-state index contributed by atoms with van der Waals surface area (Å²) in [6, 6.07) is 20.5. The van der Waals surface area contributed by atoms with Gasteiger partial charge in [-0.25, -0.2) is 4.39 Å². The van der Waals surface area contributed by atoms with E-state index in [1.807, 2.05) is 0 Å². The van der Waals surface area contributed by atoms with Gasteiger partial charge < -0.3 is 34.9 Å². The van der Waals surface area contributed by atoms with Crippen molar-refractivity contribution >= 4 is 28.5 Å². The smallest absolute Gasteiger partial charge is 0.258 e. The van der Waals surface area contributed by atoms with E-state index in [4.69, 9.17) is 14.2 Å². The van der Waals surface area contributed by atoms with Crippen LogP contribution in [0.2, 0.25) is 0 Å². The zero-order valence-corrected chi connectivity index (χ0v) is 27.0. The predicted molar refractivity (Wildman–Crippen MR) is 182 cm³/mol. The number of aromatic hydroxyl groups is 1. The SMILES string of the molecule is COc1cc2ccc1CNC(=O)COc1cccc(c1)-c1ccc(F)c(c1)C(=O)N[C@@H]1CN(C(=O)c3ccc4cnccc4c3O)CC[C@@H]1O2. The molecule has 0 saturated carbocycles. The van der Waals surface area contributed by atoms with Gasteiger partial charge in [0.25, 0.3) is 17.7 Å². The average molecular weight is 677 g/mol. The number of carbonyl (C=O) groups is 3. The van der Waals surface area contributed by atoms with Crippen molar-refractivity contribution in [3.05, 3.63) is 114 Å². The minimum Gasteiger partial charge on any atom is -0.506 e. The molecule has 8 rings (SSSR count). The third kappa shape index (κ3) is 6.59. The largest absolute Gasteiger partial charge is 0.506 e. The first kappa shape index (κ1) is 32.4. The first-order valence-electron chi connectivity index (χ1n) is 16.1. The molecular weight excluding hydrogens is 643 g/mol. The monoisotopic (exact) mass is 676 g/mol. The third-order valence-electron chi connectivity index (χ3n) is 8.95. The standard InChI is InChI=1S/C38H33FN4O7/c1-48-34-17-27-8-5-25(34)19-41-35(44)21-49-26-4-2-3-22(15-26)23-7-10-31(39)30(16-23)37(46)42-32-20-43(14-12-33(32)50-27)38(47)29-9-6-24-18-40-13-11-28(24)36(29)45/h2-11,13,15-18,32-33,45H,12,14,19-21H2,1H3,(H,41,44)(H,42,46)/t32-,33+/m1/s1. The van der Waals surface area contributed by atoms with Crippen LogP contribution in [-0.4, -0.2) is 71.7 Å². The number of carbonyl (C=O) groups excluding carboxylic acids is 3. The Balaban J connectivity index is 1.24. The molecule has 4 heterocycles. The van der Waals surface area contributed by atoms with Crippen LogP contribution in [0.25, 0.3) is 21.9 Å². The number of nitrogens with zero attached hydrogens (tertiary/aromatic N) is 2. The predicted octanol–water partition coefficient (Wildman–Crippen LogP) is 4.86. The summed E-state index contributed by atoms with van der Waals surface area (Å²) >= 11 is 0. The molecule has 0 spiro atoms. The lowest BCUT2D eigenvalue weighted by atomic mass is 9.98. The van der Waals surface area contributed by atoms with E-state index in [1.54, 1.807) is 72.9 Å². The lowest BCUT2D eigenvalue weighted by Crippen LogP contribution is -2.58. The summed E-state index contributed by atoms with van der Waals surface area (Å²) in [5.41, 5.74) is 1.82. The van der Waals surface area contributed by atoms with E-state index < -0.39 is 29.8 Å². The molecule has 1 saturated heterocycles. The average Bonchev–Trinajstić information content (AvgIpc) is 3.14. The van der Waals surface area contributed by atoms with Crippen LogP contribution in [0.1, 0.15) is 32.7 Å². The number of phenolic OH excluding ortho intramolecular Hbond substituents is 1. The number of nitrogens with one attached hydrogen (secondary N) is 2. The van der Waals surface area contributed by atoms with Gasteiger partial charge in [-0.05, 0) is 59.7 Å². The highest BCUT2D eigenvalue weighted by atomic mass is 19.1. The molecule has 4 aromatic carbocycles. The Morgan fingerprint density at radius 1 is 1.02 bits per heavy atom. The topological polar surface area (TPSA) is 139 Å². The summed E-state index contributed by atoms with van der Waals surface area (Å²) in [6.45, 7) is 0.226. The molecule has 0 unspecified atom stereocenters. The number of rotatable bonds is 2. The Bertz CT molecular complexity index is 2120. The molecule has 3 N–H and O–H groups in total. The minimum absolute atomic E-state index is 0.0189. The molecule has 12 heteroatoms. The molecule has 6 bridgehead atoms. The molecule has 3 aliphatic rings. The second kappa shape index (κ2) is 13.7. The number of hydrogen-bond donors (Lipinski definition) is 3. The minimum atomic E-state index is -0.776. The Labute approximate surface area is 286 Å². The van der Waals surface area contributed by atoms with Gasteiger partial charge in [-0.2, -0.15) is 0 Å². The van der Waals surface area contributed by atoms with Crippen molar-refractivity contribution in [3.63, 3.8) is 0 Å². The van der Waals surface area contributed by atoms with Gasteiger partial charge in [-0.1, -0.05) is 24.3 Å². The van der Waals surface area contributed by atoms with Crippen molar-refractivity contribution in [3.8, 4) is 34.1 Å². The van der Waals surface area contributed by atoms with Gasteiger partial charge in [0.1, 0.15) is 34.9 Å². The molecular formula is C38H33FN4O7. The van der Waals surface area contributed by atoms with E-state index >= 15 is 4.39 Å². The van der Waals surface area contributed by atoms with Gasteiger partial charge in [-0.3, -0.25) is 19.4 Å². The van der Waals surface area contributed by atoms with Gasteiger partial charge in [0.15, 0.2) is 6.61 Å². The Hall–Kier alpha value is -6.17. The number of aromatic nitrogens is 1. The van der Waals surface area contributed by atoms with Crippen molar-refractivity contribution in [1.29, 1.82) is 0 Å². The Morgan fingerprint density at radius 3 is 2.74 bits per heavy atom. The molecule has 5 aromatic rings. The summed E-state index contributed by atoms with van der Waals surface area (Å²) in [5, 5.41) is 18.0. The summed E-state index contributed by atoms with van der Waals surface area (Å²) in [6.07, 6.45) is 2.82. The molecule has 3 amide bonds. The lowest BCUT2D eigenvalue weighted by Gasteiger charge is -2.39. The summed E-state index contributed by atoms with van der Waals surface area (Å²) < 4.78 is 33.0. The van der Waals surface area contributed by atoms with Crippen molar-refractivity contribution < 1.29 is 38.1 Å². The zero-order valence-electron chi connectivity index (χ0n) is 27.0. The molecule has 50 heavy (non-hydrogen) atoms. The number of fused-ring (bicyclic) bond motifs is 8. The quantitative estimate of drug-likeness (QED) is 0.241. The van der Waals surface area contributed by atoms with Crippen LogP contribution in [0.15, 0.2) is 91.3 Å². The number of pyridine rings is 1. The van der Waals surface area contributed by atoms with Gasteiger partial charge in [0.2, 0.25) is 0 Å². The molecule has 2 atom stereocenters. The molecule has 1 aromatic heterocycles. The highest BCUT2D eigenvalue weighted by Crippen LogP contribution is 2.32. The number of methoxy groups -OCH3 is 1. The highest BCUT2D eigenvalue weighted by Gasteiger charge is 2.36. The number of benzene rings is 4. The van der Waals surface area contributed by atoms with E-state index in [0.29, 0.717) is 51.1 Å². The number of amides is 3. The van der Waals surface area contributed by atoms with E-state index in [9.17, 15) is 19.5 Å². The van der Waals surface area contributed by atoms with Crippen LogP contribution in [0.5, 0.6) is 23.0 Å². The van der Waals surface area contributed by atoms with Crippen LogP contribution < -0.4 is 24.8 Å². The molecule has 0 aliphatic carbocycles. The first-order chi connectivity index (χ1) is 24.3.